The van der Waals surface area contributed by atoms with E-state index in [2.05, 4.69) is 16.5 Å². The quantitative estimate of drug-likeness (QED) is 0.767. The van der Waals surface area contributed by atoms with Crippen LogP contribution >= 0.6 is 0 Å². The smallest absolute Gasteiger partial charge is 0.162 e. The van der Waals surface area contributed by atoms with Crippen molar-refractivity contribution in [1.82, 2.24) is 14.5 Å². The van der Waals surface area contributed by atoms with E-state index in [1.807, 2.05) is 6.07 Å². The average Bonchev–Trinajstić information content (AvgIpc) is 2.93. The number of hydrogen-bond donors (Lipinski definition) is 2. The fraction of sp³-hybridized carbons (Fsp3) is 0.333. The number of fused-ring (bicyclic) bond motifs is 1. The van der Waals surface area contributed by atoms with E-state index < -0.39 is 12.3 Å². The minimum absolute atomic E-state index is 0.137. The number of nitrogen functional groups attached to an aromatic ring is 1. The molecule has 1 saturated heterocycles. The third-order valence-electron chi connectivity index (χ3n) is 3.19. The first-order valence-corrected chi connectivity index (χ1v) is 5.74. The lowest BCUT2D eigenvalue weighted by molar-refractivity contribution is -0.0223. The number of hydrogen-bond acceptors (Lipinski definition) is 5. The van der Waals surface area contributed by atoms with Crippen LogP contribution in [-0.2, 0) is 4.74 Å². The molecule has 0 aromatic carbocycles. The zero-order chi connectivity index (χ0) is 12.7. The predicted octanol–water partition coefficient (Wildman–Crippen LogP) is 0.848. The molecule has 0 spiro atoms. The van der Waals surface area contributed by atoms with Crippen molar-refractivity contribution in [3.05, 3.63) is 31.2 Å². The Morgan fingerprint density at radius 3 is 3.11 bits per heavy atom. The zero-order valence-corrected chi connectivity index (χ0v) is 9.73. The van der Waals surface area contributed by atoms with Gasteiger partial charge in [-0.15, -0.1) is 6.58 Å². The molecular weight excluding hydrogens is 232 g/mol. The lowest BCUT2D eigenvalue weighted by atomic mass is 10.2. The molecule has 6 heteroatoms. The van der Waals surface area contributed by atoms with Crippen LogP contribution in [0.4, 0.5) is 5.82 Å². The number of aliphatic hydroxyl groups excluding tert-OH is 1. The van der Waals surface area contributed by atoms with Crippen LogP contribution in [0.5, 0.6) is 0 Å². The summed E-state index contributed by atoms with van der Waals surface area (Å²) in [6.07, 6.45) is 4.25. The Kier molecular flexibility index (Phi) is 2.53. The van der Waals surface area contributed by atoms with Crippen molar-refractivity contribution in [3.63, 3.8) is 0 Å². The highest BCUT2D eigenvalue weighted by atomic mass is 16.5. The second-order valence-corrected chi connectivity index (χ2v) is 4.32. The van der Waals surface area contributed by atoms with E-state index in [0.29, 0.717) is 17.9 Å². The maximum atomic E-state index is 10.0. The molecular formula is C12H14N4O2. The highest BCUT2D eigenvalue weighted by molar-refractivity contribution is 5.86. The SMILES string of the molecule is C=C[C@@H]1C[C@H](O)[C@H](n2ccc3c(N)ncnc32)O1. The van der Waals surface area contributed by atoms with Gasteiger partial charge in [0.25, 0.3) is 0 Å². The maximum Gasteiger partial charge on any atom is 0.162 e. The Morgan fingerprint density at radius 1 is 1.56 bits per heavy atom. The highest BCUT2D eigenvalue weighted by Crippen LogP contribution is 2.32. The van der Waals surface area contributed by atoms with E-state index in [4.69, 9.17) is 10.5 Å². The molecule has 3 atom stereocenters. The fourth-order valence-corrected chi connectivity index (χ4v) is 2.28. The molecule has 3 N–H and O–H groups in total. The fourth-order valence-electron chi connectivity index (χ4n) is 2.28. The van der Waals surface area contributed by atoms with Crippen molar-refractivity contribution in [1.29, 1.82) is 0 Å². The lowest BCUT2D eigenvalue weighted by Gasteiger charge is -2.16. The summed E-state index contributed by atoms with van der Waals surface area (Å²) in [5.41, 5.74) is 6.44. The molecule has 0 aliphatic carbocycles. The number of nitrogens with two attached hydrogens (primary N) is 1. The minimum Gasteiger partial charge on any atom is -0.388 e. The molecule has 1 fully saturated rings. The molecule has 0 radical (unpaired) electrons. The van der Waals surface area contributed by atoms with Gasteiger partial charge in [0.1, 0.15) is 23.9 Å². The maximum absolute atomic E-state index is 10.0. The second kappa shape index (κ2) is 4.08. The van der Waals surface area contributed by atoms with Crippen LogP contribution in [0.2, 0.25) is 0 Å². The van der Waals surface area contributed by atoms with Crippen molar-refractivity contribution in [2.75, 3.05) is 5.73 Å². The van der Waals surface area contributed by atoms with Gasteiger partial charge in [-0.1, -0.05) is 6.08 Å². The van der Waals surface area contributed by atoms with Crippen LogP contribution in [-0.4, -0.2) is 31.8 Å². The Balaban J connectivity index is 2.05. The monoisotopic (exact) mass is 246 g/mol. The number of rotatable bonds is 2. The van der Waals surface area contributed by atoms with E-state index in [1.165, 1.54) is 6.33 Å². The summed E-state index contributed by atoms with van der Waals surface area (Å²) in [5.74, 6) is 0.423. The molecule has 0 bridgehead atoms. The molecule has 0 amide bonds. The summed E-state index contributed by atoms with van der Waals surface area (Å²) in [5, 5.41) is 10.8. The third-order valence-corrected chi connectivity index (χ3v) is 3.19. The number of anilines is 1. The van der Waals surface area contributed by atoms with Gasteiger partial charge in [-0.2, -0.15) is 0 Å². The zero-order valence-electron chi connectivity index (χ0n) is 9.73. The Hall–Kier alpha value is -1.92. The molecule has 2 aromatic heterocycles. The van der Waals surface area contributed by atoms with Gasteiger partial charge < -0.3 is 20.1 Å². The first-order valence-electron chi connectivity index (χ1n) is 5.74. The summed E-state index contributed by atoms with van der Waals surface area (Å²) in [6.45, 7) is 3.68. The van der Waals surface area contributed by atoms with Gasteiger partial charge >= 0.3 is 0 Å². The molecule has 3 heterocycles. The van der Waals surface area contributed by atoms with Gasteiger partial charge in [-0.3, -0.25) is 0 Å². The van der Waals surface area contributed by atoms with E-state index in [-0.39, 0.29) is 6.10 Å². The third kappa shape index (κ3) is 1.58. The summed E-state index contributed by atoms with van der Waals surface area (Å²) in [7, 11) is 0. The molecule has 1 aliphatic heterocycles. The van der Waals surface area contributed by atoms with Crippen molar-refractivity contribution < 1.29 is 9.84 Å². The van der Waals surface area contributed by atoms with Crippen molar-refractivity contribution in [2.45, 2.75) is 24.9 Å². The van der Waals surface area contributed by atoms with Gasteiger partial charge in [0.2, 0.25) is 0 Å². The van der Waals surface area contributed by atoms with Crippen LogP contribution in [0.3, 0.4) is 0 Å². The van der Waals surface area contributed by atoms with Crippen LogP contribution in [0, 0.1) is 0 Å². The van der Waals surface area contributed by atoms with Crippen molar-refractivity contribution in [2.24, 2.45) is 0 Å². The van der Waals surface area contributed by atoms with Crippen LogP contribution in [0.15, 0.2) is 31.2 Å². The number of aromatic nitrogens is 3. The molecule has 18 heavy (non-hydrogen) atoms. The summed E-state index contributed by atoms with van der Waals surface area (Å²) in [4.78, 5) is 8.12. The molecule has 6 nitrogen and oxygen atoms in total. The van der Waals surface area contributed by atoms with Gasteiger partial charge in [0.05, 0.1) is 11.5 Å². The average molecular weight is 246 g/mol. The number of ether oxygens (including phenoxy) is 1. The highest BCUT2D eigenvalue weighted by Gasteiger charge is 2.34. The van der Waals surface area contributed by atoms with E-state index in [9.17, 15) is 5.11 Å². The van der Waals surface area contributed by atoms with Gasteiger partial charge in [-0.25, -0.2) is 9.97 Å². The Labute approximate surface area is 104 Å². The van der Waals surface area contributed by atoms with Crippen LogP contribution in [0.1, 0.15) is 12.6 Å². The van der Waals surface area contributed by atoms with Crippen molar-refractivity contribution >= 4 is 16.9 Å². The largest absolute Gasteiger partial charge is 0.388 e. The van der Waals surface area contributed by atoms with E-state index in [1.54, 1.807) is 16.8 Å². The standard InChI is InChI=1S/C12H14N4O2/c1-2-7-5-9(17)12(18-7)16-4-3-8-10(13)14-6-15-11(8)16/h2-4,6-7,9,12,17H,1,5H2,(H2,13,14,15)/t7-,9+,12-/m1/s1. The van der Waals surface area contributed by atoms with Crippen LogP contribution < -0.4 is 5.73 Å². The normalized spacial score (nSPS) is 27.7. The molecule has 94 valence electrons. The van der Waals surface area contributed by atoms with Gasteiger partial charge in [0, 0.05) is 12.6 Å². The summed E-state index contributed by atoms with van der Waals surface area (Å²) < 4.78 is 7.49. The van der Waals surface area contributed by atoms with Gasteiger partial charge in [-0.05, 0) is 6.07 Å². The first-order chi connectivity index (χ1) is 8.70. The number of aliphatic hydroxyl groups is 1. The van der Waals surface area contributed by atoms with E-state index in [0.717, 1.165) is 5.39 Å². The second-order valence-electron chi connectivity index (χ2n) is 4.32. The Bertz CT molecular complexity index is 595. The van der Waals surface area contributed by atoms with Crippen LogP contribution in [0.25, 0.3) is 11.0 Å². The number of nitrogens with zero attached hydrogens (tertiary/aromatic N) is 3. The molecule has 3 rings (SSSR count). The Morgan fingerprint density at radius 2 is 2.39 bits per heavy atom. The topological polar surface area (TPSA) is 86.2 Å². The molecule has 1 aliphatic rings. The summed E-state index contributed by atoms with van der Waals surface area (Å²) in [6, 6.07) is 1.82. The van der Waals surface area contributed by atoms with Gasteiger partial charge in [0.15, 0.2) is 6.23 Å². The molecule has 0 unspecified atom stereocenters. The predicted molar refractivity (Wildman–Crippen MR) is 66.7 cm³/mol. The lowest BCUT2D eigenvalue weighted by Crippen LogP contribution is -2.19. The summed E-state index contributed by atoms with van der Waals surface area (Å²) >= 11 is 0. The minimum atomic E-state index is -0.584. The first kappa shape index (κ1) is 11.2. The van der Waals surface area contributed by atoms with Crippen molar-refractivity contribution in [3.8, 4) is 0 Å². The van der Waals surface area contributed by atoms with E-state index >= 15 is 0 Å². The molecule has 0 saturated carbocycles. The molecule has 2 aromatic rings.